The average Bonchev–Trinajstić information content (AvgIpc) is 3.23. The van der Waals surface area contributed by atoms with Crippen LogP contribution in [0, 0.1) is 10.1 Å². The van der Waals surface area contributed by atoms with Crippen LogP contribution < -0.4 is 9.04 Å². The van der Waals surface area contributed by atoms with E-state index in [1.807, 2.05) is 41.0 Å². The van der Waals surface area contributed by atoms with Crippen LogP contribution in [-0.2, 0) is 16.6 Å². The van der Waals surface area contributed by atoms with Gasteiger partial charge in [0, 0.05) is 42.9 Å². The molecule has 206 valence electrons. The molecule has 0 bridgehead atoms. The van der Waals surface area contributed by atoms with Crippen molar-refractivity contribution < 1.29 is 22.5 Å². The second-order valence-electron chi connectivity index (χ2n) is 9.02. The fraction of sp³-hybridized carbons (Fsp3) is 0.143. The highest BCUT2D eigenvalue weighted by Crippen LogP contribution is 2.34. The van der Waals surface area contributed by atoms with Crippen molar-refractivity contribution in [3.05, 3.63) is 104 Å². The number of sulfonamides is 1. The number of nitro groups is 1. The Morgan fingerprint density at radius 1 is 0.925 bits per heavy atom. The molecule has 1 atom stereocenters. The Kier molecular flexibility index (Phi) is 7.85. The minimum absolute atomic E-state index is 0.105. The van der Waals surface area contributed by atoms with Gasteiger partial charge in [0.05, 0.1) is 35.7 Å². The van der Waals surface area contributed by atoms with Gasteiger partial charge in [-0.1, -0.05) is 31.9 Å². The van der Waals surface area contributed by atoms with Gasteiger partial charge < -0.3 is 9.30 Å². The number of hydrogen-bond donors (Lipinski definition) is 0. The molecule has 0 aliphatic rings. The molecule has 5 aromatic rings. The van der Waals surface area contributed by atoms with Crippen molar-refractivity contribution in [1.29, 1.82) is 0 Å². The lowest BCUT2D eigenvalue weighted by atomic mass is 10.2. The minimum atomic E-state index is -4.28. The summed E-state index contributed by atoms with van der Waals surface area (Å²) in [6, 6.07) is 22.3. The Morgan fingerprint density at radius 3 is 1.98 bits per heavy atom. The van der Waals surface area contributed by atoms with Crippen molar-refractivity contribution in [3.8, 4) is 5.75 Å². The molecule has 0 aliphatic heterocycles. The molecule has 0 N–H and O–H groups in total. The van der Waals surface area contributed by atoms with Gasteiger partial charge >= 0.3 is 0 Å². The molecule has 0 radical (unpaired) electrons. The lowest BCUT2D eigenvalue weighted by molar-refractivity contribution is -0.384. The van der Waals surface area contributed by atoms with Crippen LogP contribution in [0.1, 0.15) is 0 Å². The van der Waals surface area contributed by atoms with Gasteiger partial charge in [0.15, 0.2) is 0 Å². The minimum Gasteiger partial charge on any atom is -0.497 e. The standard InChI is InChI=1S/C28H22Br2FN3O5S/c1-39-23-8-4-21(5-9-23)33(40(37,38)24-10-6-22(7-11-24)34(35)36)17-20(31)16-32-27-12-2-18(29)14-25(27)26-15-19(30)3-13-28(26)32/h2-15,20H,16-17H2,1H3. The van der Waals surface area contributed by atoms with E-state index >= 15 is 4.39 Å². The zero-order valence-corrected chi connectivity index (χ0v) is 25.0. The monoisotopic (exact) mass is 689 g/mol. The Bertz CT molecular complexity index is 1770. The second-order valence-corrected chi connectivity index (χ2v) is 12.7. The van der Waals surface area contributed by atoms with Crippen LogP contribution >= 0.6 is 31.9 Å². The Balaban J connectivity index is 1.54. The number of anilines is 1. The molecule has 0 fully saturated rings. The topological polar surface area (TPSA) is 94.7 Å². The van der Waals surface area contributed by atoms with Crippen molar-refractivity contribution in [3.63, 3.8) is 0 Å². The normalized spacial score (nSPS) is 12.5. The van der Waals surface area contributed by atoms with E-state index < -0.39 is 27.7 Å². The number of methoxy groups -OCH3 is 1. The molecule has 0 saturated heterocycles. The third kappa shape index (κ3) is 5.43. The van der Waals surface area contributed by atoms with Crippen molar-refractivity contribution >= 4 is 75.1 Å². The fourth-order valence-electron chi connectivity index (χ4n) is 4.64. The summed E-state index contributed by atoms with van der Waals surface area (Å²) in [5.74, 6) is 0.510. The van der Waals surface area contributed by atoms with E-state index in [-0.39, 0.29) is 22.8 Å². The number of non-ortho nitro benzene ring substituents is 1. The van der Waals surface area contributed by atoms with Crippen LogP contribution in [0.3, 0.4) is 0 Å². The van der Waals surface area contributed by atoms with Crippen LogP contribution in [-0.4, -0.2) is 37.7 Å². The maximum Gasteiger partial charge on any atom is 0.269 e. The zero-order chi connectivity index (χ0) is 28.6. The smallest absolute Gasteiger partial charge is 0.269 e. The van der Waals surface area contributed by atoms with Crippen molar-refractivity contribution in [2.75, 3.05) is 18.0 Å². The van der Waals surface area contributed by atoms with E-state index in [9.17, 15) is 18.5 Å². The highest BCUT2D eigenvalue weighted by molar-refractivity contribution is 9.10. The quantitative estimate of drug-likeness (QED) is 0.118. The number of ether oxygens (including phenoxy) is 1. The summed E-state index contributed by atoms with van der Waals surface area (Å²) >= 11 is 7.01. The van der Waals surface area contributed by atoms with Crippen LogP contribution in [0.25, 0.3) is 21.8 Å². The van der Waals surface area contributed by atoms with Crippen LogP contribution in [0.15, 0.2) is 98.8 Å². The average molecular weight is 691 g/mol. The number of aromatic nitrogens is 1. The summed E-state index contributed by atoms with van der Waals surface area (Å²) in [6.45, 7) is -0.592. The highest BCUT2D eigenvalue weighted by Gasteiger charge is 2.29. The van der Waals surface area contributed by atoms with Gasteiger partial charge in [-0.25, -0.2) is 12.8 Å². The van der Waals surface area contributed by atoms with Crippen molar-refractivity contribution in [2.45, 2.75) is 17.6 Å². The van der Waals surface area contributed by atoms with Gasteiger partial charge in [0.2, 0.25) is 0 Å². The lowest BCUT2D eigenvalue weighted by Gasteiger charge is -2.26. The molecule has 0 spiro atoms. The summed E-state index contributed by atoms with van der Waals surface area (Å²) in [6.07, 6.45) is -1.61. The van der Waals surface area contributed by atoms with Crippen LogP contribution in [0.5, 0.6) is 5.75 Å². The van der Waals surface area contributed by atoms with Crippen molar-refractivity contribution in [2.24, 2.45) is 0 Å². The maximum absolute atomic E-state index is 16.0. The Morgan fingerprint density at radius 2 is 1.48 bits per heavy atom. The number of nitrogens with zero attached hydrogens (tertiary/aromatic N) is 3. The zero-order valence-electron chi connectivity index (χ0n) is 21.0. The molecule has 1 aromatic heterocycles. The first-order valence-electron chi connectivity index (χ1n) is 12.0. The molecule has 12 heteroatoms. The number of nitro benzene ring substituents is 1. The van der Waals surface area contributed by atoms with Gasteiger partial charge in [-0.15, -0.1) is 0 Å². The van der Waals surface area contributed by atoms with E-state index in [1.54, 1.807) is 12.1 Å². The van der Waals surface area contributed by atoms with Crippen LogP contribution in [0.2, 0.25) is 0 Å². The molecule has 1 unspecified atom stereocenters. The third-order valence-corrected chi connectivity index (χ3v) is 9.32. The molecular weight excluding hydrogens is 669 g/mol. The number of rotatable bonds is 9. The largest absolute Gasteiger partial charge is 0.497 e. The first-order chi connectivity index (χ1) is 19.1. The van der Waals surface area contributed by atoms with Gasteiger partial charge in [-0.3, -0.25) is 14.4 Å². The maximum atomic E-state index is 16.0. The van der Waals surface area contributed by atoms with E-state index in [0.717, 1.165) is 59.3 Å². The predicted octanol–water partition coefficient (Wildman–Crippen LogP) is 7.47. The molecule has 0 aliphatic carbocycles. The van der Waals surface area contributed by atoms with E-state index in [2.05, 4.69) is 31.9 Å². The summed E-state index contributed by atoms with van der Waals surface area (Å²) in [5, 5.41) is 12.9. The molecule has 0 amide bonds. The molecule has 1 heterocycles. The first-order valence-corrected chi connectivity index (χ1v) is 15.0. The highest BCUT2D eigenvalue weighted by atomic mass is 79.9. The number of alkyl halides is 1. The number of halogens is 3. The van der Waals surface area contributed by atoms with Gasteiger partial charge in [0.25, 0.3) is 15.7 Å². The summed E-state index contributed by atoms with van der Waals surface area (Å²) in [5.41, 5.74) is 1.61. The fourth-order valence-corrected chi connectivity index (χ4v) is 6.85. The molecule has 5 rings (SSSR count). The Labute approximate surface area is 246 Å². The number of hydrogen-bond acceptors (Lipinski definition) is 5. The van der Waals surface area contributed by atoms with Gasteiger partial charge in [-0.05, 0) is 72.8 Å². The molecule has 4 aromatic carbocycles. The molecule has 0 saturated carbocycles. The summed E-state index contributed by atoms with van der Waals surface area (Å²) in [4.78, 5) is 10.3. The van der Waals surface area contributed by atoms with Crippen molar-refractivity contribution in [1.82, 2.24) is 4.57 Å². The Hall–Kier alpha value is -3.48. The van der Waals surface area contributed by atoms with E-state index in [0.29, 0.717) is 5.75 Å². The molecule has 8 nitrogen and oxygen atoms in total. The van der Waals surface area contributed by atoms with Crippen LogP contribution in [0.4, 0.5) is 15.8 Å². The summed E-state index contributed by atoms with van der Waals surface area (Å²) < 4.78 is 53.3. The van der Waals surface area contributed by atoms with Gasteiger partial charge in [-0.2, -0.15) is 0 Å². The second kappa shape index (κ2) is 11.2. The number of fused-ring (bicyclic) bond motifs is 3. The van der Waals surface area contributed by atoms with E-state index in [4.69, 9.17) is 4.74 Å². The first kappa shape index (κ1) is 28.1. The van der Waals surface area contributed by atoms with Gasteiger partial charge in [0.1, 0.15) is 11.9 Å². The lowest BCUT2D eigenvalue weighted by Crippen LogP contribution is -2.37. The third-order valence-electron chi connectivity index (χ3n) is 6.53. The molecular formula is C28H22Br2FN3O5S. The molecule has 40 heavy (non-hydrogen) atoms. The number of benzene rings is 4. The predicted molar refractivity (Wildman–Crippen MR) is 160 cm³/mol. The van der Waals surface area contributed by atoms with E-state index in [1.165, 1.54) is 19.2 Å². The SMILES string of the molecule is COc1ccc(N(CC(F)Cn2c3ccc(Br)cc3c3cc(Br)ccc32)S(=O)(=O)c2ccc([N+](=O)[O-])cc2)cc1. The summed E-state index contributed by atoms with van der Waals surface area (Å²) in [7, 11) is -2.79.